The number of nitrogens with zero attached hydrogens (tertiary/aromatic N) is 1. The van der Waals surface area contributed by atoms with E-state index in [-0.39, 0.29) is 6.20 Å². The van der Waals surface area contributed by atoms with E-state index in [1.165, 1.54) is 0 Å². The molecule has 21 heavy (non-hydrogen) atoms. The Kier molecular flexibility index (Phi) is 4.66. The maximum atomic E-state index is 12.9. The number of halogens is 6. The van der Waals surface area contributed by atoms with Gasteiger partial charge in [0.15, 0.2) is 5.75 Å². The van der Waals surface area contributed by atoms with Crippen LogP contribution in [0, 0.1) is 0 Å². The van der Waals surface area contributed by atoms with Gasteiger partial charge in [-0.1, -0.05) is 0 Å². The quantitative estimate of drug-likeness (QED) is 0.830. The Labute approximate surface area is 113 Å². The van der Waals surface area contributed by atoms with Gasteiger partial charge in [0.2, 0.25) is 0 Å². The van der Waals surface area contributed by atoms with E-state index >= 15 is 0 Å². The second-order valence-corrected chi connectivity index (χ2v) is 3.74. The summed E-state index contributed by atoms with van der Waals surface area (Å²) in [4.78, 5) is 13.8. The van der Waals surface area contributed by atoms with Crippen LogP contribution in [0.2, 0.25) is 0 Å². The molecular weight excluding hydrogens is 310 g/mol. The number of aromatic nitrogens is 1. The maximum absolute atomic E-state index is 12.9. The predicted octanol–water partition coefficient (Wildman–Crippen LogP) is 2.08. The van der Waals surface area contributed by atoms with E-state index in [4.69, 9.17) is 10.8 Å². The van der Waals surface area contributed by atoms with Crippen LogP contribution in [-0.2, 0) is 23.9 Å². The van der Waals surface area contributed by atoms with E-state index in [1.807, 2.05) is 0 Å². The van der Waals surface area contributed by atoms with Gasteiger partial charge in [-0.15, -0.1) is 13.2 Å². The lowest BCUT2D eigenvalue weighted by molar-refractivity contribution is -0.276. The van der Waals surface area contributed by atoms with Crippen LogP contribution in [0.15, 0.2) is 6.20 Å². The molecule has 0 unspecified atom stereocenters. The molecule has 3 N–H and O–H groups in total. The van der Waals surface area contributed by atoms with Crippen molar-refractivity contribution >= 4 is 5.97 Å². The number of carbonyl (C=O) groups is 1. The Morgan fingerprint density at radius 3 is 2.24 bits per heavy atom. The monoisotopic (exact) mass is 318 g/mol. The molecular formula is C10H8F6N2O3. The highest BCUT2D eigenvalue weighted by Gasteiger charge is 2.42. The first-order chi connectivity index (χ1) is 9.45. The van der Waals surface area contributed by atoms with Crippen molar-refractivity contribution in [3.05, 3.63) is 23.0 Å². The molecule has 0 saturated carbocycles. The molecule has 0 aliphatic carbocycles. The number of carboxylic acid groups (broad SMARTS) is 1. The normalized spacial score (nSPS) is 12.3. The van der Waals surface area contributed by atoms with Crippen molar-refractivity contribution in [3.63, 3.8) is 0 Å². The number of nitrogens with two attached hydrogens (primary N) is 1. The smallest absolute Gasteiger partial charge is 0.481 e. The lowest BCUT2D eigenvalue weighted by atomic mass is 10.0. The topological polar surface area (TPSA) is 85.4 Å². The minimum absolute atomic E-state index is 0.174. The molecule has 118 valence electrons. The Morgan fingerprint density at radius 2 is 1.86 bits per heavy atom. The van der Waals surface area contributed by atoms with Gasteiger partial charge in [0, 0.05) is 12.1 Å². The van der Waals surface area contributed by atoms with Gasteiger partial charge in [-0.2, -0.15) is 13.2 Å². The van der Waals surface area contributed by atoms with Crippen LogP contribution in [0.25, 0.3) is 0 Å². The van der Waals surface area contributed by atoms with Gasteiger partial charge in [0.25, 0.3) is 0 Å². The van der Waals surface area contributed by atoms with E-state index in [1.54, 1.807) is 0 Å². The van der Waals surface area contributed by atoms with Crippen LogP contribution in [0.1, 0.15) is 16.8 Å². The molecule has 0 amide bonds. The van der Waals surface area contributed by atoms with Gasteiger partial charge in [-0.25, -0.2) is 0 Å². The maximum Gasteiger partial charge on any atom is 0.573 e. The van der Waals surface area contributed by atoms with E-state index in [0.717, 1.165) is 0 Å². The number of ether oxygens (including phenoxy) is 1. The Bertz CT molecular complexity index is 541. The first-order valence-electron chi connectivity index (χ1n) is 5.21. The largest absolute Gasteiger partial charge is 0.573 e. The summed E-state index contributed by atoms with van der Waals surface area (Å²) in [6.07, 6.45) is -11.3. The molecule has 0 bridgehead atoms. The zero-order valence-corrected chi connectivity index (χ0v) is 10.0. The summed E-state index contributed by atoms with van der Waals surface area (Å²) in [6.45, 7) is -0.848. The van der Waals surface area contributed by atoms with Crippen molar-refractivity contribution in [2.75, 3.05) is 0 Å². The average molecular weight is 318 g/mol. The molecule has 0 atom stereocenters. The second kappa shape index (κ2) is 5.76. The van der Waals surface area contributed by atoms with Gasteiger partial charge < -0.3 is 15.6 Å². The van der Waals surface area contributed by atoms with Gasteiger partial charge in [0.1, 0.15) is 5.56 Å². The number of aliphatic carboxylic acids is 1. The highest BCUT2D eigenvalue weighted by atomic mass is 19.4. The van der Waals surface area contributed by atoms with Crippen molar-refractivity contribution in [2.45, 2.75) is 25.5 Å². The van der Waals surface area contributed by atoms with E-state index in [0.29, 0.717) is 0 Å². The van der Waals surface area contributed by atoms with Gasteiger partial charge >= 0.3 is 18.5 Å². The third-order valence-corrected chi connectivity index (χ3v) is 2.27. The molecule has 0 radical (unpaired) electrons. The predicted molar refractivity (Wildman–Crippen MR) is 55.2 cm³/mol. The molecule has 0 fully saturated rings. The third kappa shape index (κ3) is 4.48. The fourth-order valence-electron chi connectivity index (χ4n) is 1.60. The Hall–Kier alpha value is -2.04. The fourth-order valence-corrected chi connectivity index (χ4v) is 1.60. The number of rotatable bonds is 4. The van der Waals surface area contributed by atoms with Crippen molar-refractivity contribution < 1.29 is 41.0 Å². The molecule has 1 heterocycles. The third-order valence-electron chi connectivity index (χ3n) is 2.27. The van der Waals surface area contributed by atoms with E-state index < -0.39 is 54.0 Å². The molecule has 0 saturated heterocycles. The summed E-state index contributed by atoms with van der Waals surface area (Å²) >= 11 is 0. The van der Waals surface area contributed by atoms with Crippen molar-refractivity contribution in [1.29, 1.82) is 0 Å². The number of hydrogen-bond acceptors (Lipinski definition) is 4. The van der Waals surface area contributed by atoms with Gasteiger partial charge in [-0.05, 0) is 0 Å². The van der Waals surface area contributed by atoms with Gasteiger partial charge in [-0.3, -0.25) is 9.78 Å². The number of pyridine rings is 1. The zero-order valence-electron chi connectivity index (χ0n) is 10.0. The first-order valence-corrected chi connectivity index (χ1v) is 5.21. The highest BCUT2D eigenvalue weighted by molar-refractivity contribution is 5.70. The lowest BCUT2D eigenvalue weighted by Gasteiger charge is -2.19. The standard InChI is InChI=1S/C10H8F6N2O3/c11-9(12,13)8-4(2-17)5(1-7(19)20)18-3-6(8)21-10(14,15)16/h3H,1-2,17H2,(H,19,20). The number of carboxylic acids is 1. The molecule has 0 spiro atoms. The molecule has 1 rings (SSSR count). The van der Waals surface area contributed by atoms with Crippen molar-refractivity contribution in [3.8, 4) is 5.75 Å². The summed E-state index contributed by atoms with van der Waals surface area (Å²) in [5.41, 5.74) is 1.87. The number of alkyl halides is 6. The van der Waals surface area contributed by atoms with Crippen LogP contribution in [0.5, 0.6) is 5.75 Å². The van der Waals surface area contributed by atoms with Crippen LogP contribution >= 0.6 is 0 Å². The lowest BCUT2D eigenvalue weighted by Crippen LogP contribution is -2.23. The second-order valence-electron chi connectivity index (χ2n) is 3.74. The van der Waals surface area contributed by atoms with E-state index in [9.17, 15) is 31.1 Å². The Balaban J connectivity index is 3.50. The summed E-state index contributed by atoms with van der Waals surface area (Å²) in [7, 11) is 0. The molecule has 5 nitrogen and oxygen atoms in total. The Morgan fingerprint density at radius 1 is 1.29 bits per heavy atom. The average Bonchev–Trinajstić information content (AvgIpc) is 2.26. The number of hydrogen-bond donors (Lipinski definition) is 2. The van der Waals surface area contributed by atoms with Crippen LogP contribution in [-0.4, -0.2) is 22.4 Å². The minimum atomic E-state index is -5.36. The molecule has 11 heteroatoms. The fraction of sp³-hybridized carbons (Fsp3) is 0.400. The van der Waals surface area contributed by atoms with Crippen LogP contribution in [0.3, 0.4) is 0 Å². The van der Waals surface area contributed by atoms with Crippen molar-refractivity contribution in [2.24, 2.45) is 5.73 Å². The summed E-state index contributed by atoms with van der Waals surface area (Å²) in [5.74, 6) is -3.08. The highest BCUT2D eigenvalue weighted by Crippen LogP contribution is 2.41. The molecule has 0 aliphatic heterocycles. The first kappa shape index (κ1) is 17.0. The molecule has 0 aliphatic rings. The molecule has 0 aromatic carbocycles. The zero-order chi connectivity index (χ0) is 16.4. The van der Waals surface area contributed by atoms with Gasteiger partial charge in [0.05, 0.1) is 18.3 Å². The molecule has 1 aromatic rings. The summed E-state index contributed by atoms with van der Waals surface area (Å²) < 4.78 is 78.3. The van der Waals surface area contributed by atoms with Crippen LogP contribution in [0.4, 0.5) is 26.3 Å². The SMILES string of the molecule is NCc1c(CC(=O)O)ncc(OC(F)(F)F)c1C(F)(F)F. The summed E-state index contributed by atoms with van der Waals surface area (Å²) in [5, 5.41) is 8.56. The summed E-state index contributed by atoms with van der Waals surface area (Å²) in [6, 6.07) is 0. The molecule has 1 aromatic heterocycles. The van der Waals surface area contributed by atoms with E-state index in [2.05, 4.69) is 9.72 Å². The van der Waals surface area contributed by atoms with Crippen molar-refractivity contribution in [1.82, 2.24) is 4.98 Å². The minimum Gasteiger partial charge on any atom is -0.481 e. The van der Waals surface area contributed by atoms with Crippen LogP contribution < -0.4 is 10.5 Å².